The number of rotatable bonds is 5. The molecule has 0 spiro atoms. The summed E-state index contributed by atoms with van der Waals surface area (Å²) in [6, 6.07) is 5.18. The third-order valence-corrected chi connectivity index (χ3v) is 2.63. The zero-order chi connectivity index (χ0) is 14.5. The number of nitrogen functional groups attached to an aromatic ring is 1. The molecule has 1 heterocycles. The number of nitrogens with two attached hydrogens (primary N) is 1. The molecule has 2 aromatic rings. The van der Waals surface area contributed by atoms with E-state index >= 15 is 0 Å². The van der Waals surface area contributed by atoms with Gasteiger partial charge in [0.15, 0.2) is 11.5 Å². The van der Waals surface area contributed by atoms with Crippen LogP contribution in [0.2, 0.25) is 0 Å². The van der Waals surface area contributed by atoms with Gasteiger partial charge in [-0.05, 0) is 0 Å². The van der Waals surface area contributed by atoms with Crippen LogP contribution in [0.5, 0.6) is 17.2 Å². The van der Waals surface area contributed by atoms with Gasteiger partial charge in [-0.3, -0.25) is 0 Å². The summed E-state index contributed by atoms with van der Waals surface area (Å²) in [6.07, 6.45) is 1.38. The van der Waals surface area contributed by atoms with Crippen LogP contribution in [0.15, 0.2) is 24.5 Å². The van der Waals surface area contributed by atoms with Crippen molar-refractivity contribution < 1.29 is 14.2 Å². The van der Waals surface area contributed by atoms with Crippen LogP contribution in [0.4, 0.5) is 17.3 Å². The minimum absolute atomic E-state index is 0.384. The maximum Gasteiger partial charge on any atom is 0.203 e. The first-order valence-electron chi connectivity index (χ1n) is 5.82. The third kappa shape index (κ3) is 2.82. The van der Waals surface area contributed by atoms with Crippen molar-refractivity contribution in [3.8, 4) is 17.2 Å². The Labute approximate surface area is 116 Å². The molecule has 0 radical (unpaired) electrons. The molecule has 0 saturated carbocycles. The minimum atomic E-state index is 0.384. The minimum Gasteiger partial charge on any atom is -0.493 e. The highest BCUT2D eigenvalue weighted by atomic mass is 16.5. The standard InChI is InChI=1S/C13H16N4O3/c1-18-9-4-8(5-10(19-2)13(9)20-3)17-12-6-11(14)15-7-16-12/h4-7H,1-3H3,(H3,14,15,16,17). The zero-order valence-electron chi connectivity index (χ0n) is 11.5. The van der Waals surface area contributed by atoms with E-state index in [9.17, 15) is 0 Å². The van der Waals surface area contributed by atoms with Crippen molar-refractivity contribution in [3.05, 3.63) is 24.5 Å². The number of nitrogens with one attached hydrogen (secondary N) is 1. The number of aromatic nitrogens is 2. The smallest absolute Gasteiger partial charge is 0.203 e. The van der Waals surface area contributed by atoms with Gasteiger partial charge in [0, 0.05) is 23.9 Å². The van der Waals surface area contributed by atoms with Crippen LogP contribution in [0.1, 0.15) is 0 Å². The van der Waals surface area contributed by atoms with E-state index in [1.165, 1.54) is 6.33 Å². The molecule has 20 heavy (non-hydrogen) atoms. The molecule has 1 aromatic carbocycles. The van der Waals surface area contributed by atoms with E-state index in [2.05, 4.69) is 15.3 Å². The van der Waals surface area contributed by atoms with E-state index < -0.39 is 0 Å². The first-order valence-corrected chi connectivity index (χ1v) is 5.82. The molecule has 2 rings (SSSR count). The van der Waals surface area contributed by atoms with Gasteiger partial charge in [0.05, 0.1) is 21.3 Å². The van der Waals surface area contributed by atoms with Gasteiger partial charge >= 0.3 is 0 Å². The Hall–Kier alpha value is -2.70. The molecule has 0 bridgehead atoms. The van der Waals surface area contributed by atoms with E-state index in [1.807, 2.05) is 0 Å². The van der Waals surface area contributed by atoms with Crippen molar-refractivity contribution in [1.82, 2.24) is 9.97 Å². The van der Waals surface area contributed by atoms with Gasteiger partial charge in [-0.15, -0.1) is 0 Å². The summed E-state index contributed by atoms with van der Waals surface area (Å²) in [4.78, 5) is 7.91. The summed E-state index contributed by atoms with van der Waals surface area (Å²) in [5, 5.41) is 3.10. The molecule has 0 aliphatic rings. The second-order valence-corrected chi connectivity index (χ2v) is 3.87. The van der Waals surface area contributed by atoms with Crippen LogP contribution < -0.4 is 25.3 Å². The van der Waals surface area contributed by atoms with Crippen molar-refractivity contribution in [3.63, 3.8) is 0 Å². The largest absolute Gasteiger partial charge is 0.493 e. The van der Waals surface area contributed by atoms with Crippen LogP contribution in [0.3, 0.4) is 0 Å². The van der Waals surface area contributed by atoms with E-state index in [-0.39, 0.29) is 0 Å². The third-order valence-electron chi connectivity index (χ3n) is 2.63. The number of anilines is 3. The first kappa shape index (κ1) is 13.7. The monoisotopic (exact) mass is 276 g/mol. The van der Waals surface area contributed by atoms with Gasteiger partial charge in [0.2, 0.25) is 5.75 Å². The van der Waals surface area contributed by atoms with Gasteiger partial charge in [-0.2, -0.15) is 0 Å². The van der Waals surface area contributed by atoms with Gasteiger partial charge in [0.25, 0.3) is 0 Å². The lowest BCUT2D eigenvalue weighted by atomic mass is 10.2. The molecular formula is C13H16N4O3. The highest BCUT2D eigenvalue weighted by molar-refractivity contribution is 5.67. The lowest BCUT2D eigenvalue weighted by Crippen LogP contribution is -2.00. The molecule has 0 atom stereocenters. The Bertz CT molecular complexity index is 579. The molecule has 0 fully saturated rings. The molecule has 0 saturated heterocycles. The maximum atomic E-state index is 5.61. The number of hydrogen-bond acceptors (Lipinski definition) is 7. The summed E-state index contributed by atoms with van der Waals surface area (Å²) < 4.78 is 15.8. The number of hydrogen-bond donors (Lipinski definition) is 2. The summed E-state index contributed by atoms with van der Waals surface area (Å²) >= 11 is 0. The number of ether oxygens (including phenoxy) is 3. The Morgan fingerprint density at radius 2 is 1.60 bits per heavy atom. The molecule has 0 aliphatic carbocycles. The van der Waals surface area contributed by atoms with Crippen LogP contribution >= 0.6 is 0 Å². The van der Waals surface area contributed by atoms with Crippen LogP contribution in [0.25, 0.3) is 0 Å². The SMILES string of the molecule is COc1cc(Nc2cc(N)ncn2)cc(OC)c1OC. The molecule has 106 valence electrons. The number of methoxy groups -OCH3 is 3. The van der Waals surface area contributed by atoms with Gasteiger partial charge < -0.3 is 25.3 Å². The van der Waals surface area contributed by atoms with Crippen molar-refractivity contribution >= 4 is 17.3 Å². The molecule has 0 aliphatic heterocycles. The second-order valence-electron chi connectivity index (χ2n) is 3.87. The van der Waals surface area contributed by atoms with Crippen LogP contribution in [-0.4, -0.2) is 31.3 Å². The Kier molecular flexibility index (Phi) is 4.09. The second kappa shape index (κ2) is 5.96. The van der Waals surface area contributed by atoms with Crippen molar-refractivity contribution in [2.24, 2.45) is 0 Å². The van der Waals surface area contributed by atoms with Crippen molar-refractivity contribution in [2.75, 3.05) is 32.4 Å². The normalized spacial score (nSPS) is 9.95. The highest BCUT2D eigenvalue weighted by Crippen LogP contribution is 2.40. The quantitative estimate of drug-likeness (QED) is 0.860. The van der Waals surface area contributed by atoms with E-state index in [4.69, 9.17) is 19.9 Å². The Morgan fingerprint density at radius 3 is 2.10 bits per heavy atom. The van der Waals surface area contributed by atoms with Crippen LogP contribution in [0, 0.1) is 0 Å². The highest BCUT2D eigenvalue weighted by Gasteiger charge is 2.13. The van der Waals surface area contributed by atoms with Crippen molar-refractivity contribution in [2.45, 2.75) is 0 Å². The fourth-order valence-electron chi connectivity index (χ4n) is 1.74. The zero-order valence-corrected chi connectivity index (χ0v) is 11.5. The summed E-state index contributed by atoms with van der Waals surface area (Å²) in [5.41, 5.74) is 6.34. The molecule has 3 N–H and O–H groups in total. The summed E-state index contributed by atoms with van der Waals surface area (Å²) in [6.45, 7) is 0. The number of benzene rings is 1. The fraction of sp³-hybridized carbons (Fsp3) is 0.231. The molecule has 7 heteroatoms. The average Bonchev–Trinajstić information content (AvgIpc) is 2.46. The molecule has 0 amide bonds. The maximum absolute atomic E-state index is 5.61. The Morgan fingerprint density at radius 1 is 0.950 bits per heavy atom. The van der Waals surface area contributed by atoms with Crippen LogP contribution in [-0.2, 0) is 0 Å². The predicted octanol–water partition coefficient (Wildman–Crippen LogP) is 1.83. The fourth-order valence-corrected chi connectivity index (χ4v) is 1.74. The summed E-state index contributed by atoms with van der Waals surface area (Å²) in [7, 11) is 4.67. The average molecular weight is 276 g/mol. The molecule has 7 nitrogen and oxygen atoms in total. The molecule has 0 unspecified atom stereocenters. The first-order chi connectivity index (χ1) is 9.67. The summed E-state index contributed by atoms with van der Waals surface area (Å²) in [5.74, 6) is 2.59. The van der Waals surface area contributed by atoms with E-state index in [0.29, 0.717) is 28.9 Å². The Balaban J connectivity index is 2.37. The lowest BCUT2D eigenvalue weighted by molar-refractivity contribution is 0.324. The predicted molar refractivity (Wildman–Crippen MR) is 75.8 cm³/mol. The van der Waals surface area contributed by atoms with Gasteiger partial charge in [0.1, 0.15) is 18.0 Å². The lowest BCUT2D eigenvalue weighted by Gasteiger charge is -2.14. The molecule has 1 aromatic heterocycles. The van der Waals surface area contributed by atoms with Gasteiger partial charge in [-0.25, -0.2) is 9.97 Å². The van der Waals surface area contributed by atoms with Crippen molar-refractivity contribution in [1.29, 1.82) is 0 Å². The topological polar surface area (TPSA) is 91.5 Å². The van der Waals surface area contributed by atoms with E-state index in [0.717, 1.165) is 5.69 Å². The van der Waals surface area contributed by atoms with E-state index in [1.54, 1.807) is 39.5 Å². The van der Waals surface area contributed by atoms with Gasteiger partial charge in [-0.1, -0.05) is 0 Å². The number of nitrogens with zero attached hydrogens (tertiary/aromatic N) is 2. The molecular weight excluding hydrogens is 260 g/mol.